The smallest absolute Gasteiger partial charge is 0.289 e. The summed E-state index contributed by atoms with van der Waals surface area (Å²) in [5.41, 5.74) is 8.87. The molecule has 1 aliphatic rings. The molecule has 138 valence electrons. The first kappa shape index (κ1) is 17.7. The number of aryl methyl sites for hydroxylation is 2. The molecule has 3 aromatic rings. The average molecular weight is 403 g/mol. The highest BCUT2D eigenvalue weighted by Gasteiger charge is 2.21. The van der Waals surface area contributed by atoms with Crippen molar-refractivity contribution in [3.63, 3.8) is 0 Å². The summed E-state index contributed by atoms with van der Waals surface area (Å²) in [4.78, 5) is 28.9. The Hall–Kier alpha value is -2.71. The van der Waals surface area contributed by atoms with Gasteiger partial charge in [-0.15, -0.1) is 11.3 Å². The molecule has 2 aromatic heterocycles. The summed E-state index contributed by atoms with van der Waals surface area (Å²) in [7, 11) is 0. The molecule has 7 nitrogen and oxygen atoms in total. The number of amides is 1. The highest BCUT2D eigenvalue weighted by atomic mass is 35.5. The molecule has 1 aliphatic carbocycles. The van der Waals surface area contributed by atoms with Crippen molar-refractivity contribution in [2.45, 2.75) is 25.7 Å². The standard InChI is InChI=1S/C18H15ClN4O3S/c19-12-6-5-10(8-14(12)23(25)26)21-17(24)16-15(20)11-7-9-3-1-2-4-13(9)22-18(11)27-16/h5-8H,1-4,20H2,(H,21,24). The van der Waals surface area contributed by atoms with Gasteiger partial charge in [0.15, 0.2) is 0 Å². The number of halogens is 1. The Bertz CT molecular complexity index is 1100. The van der Waals surface area contributed by atoms with E-state index in [1.54, 1.807) is 0 Å². The predicted molar refractivity (Wildman–Crippen MR) is 107 cm³/mol. The molecule has 0 fully saturated rings. The molecular formula is C18H15ClN4O3S. The van der Waals surface area contributed by atoms with Crippen molar-refractivity contribution in [2.24, 2.45) is 0 Å². The van der Waals surface area contributed by atoms with Crippen LogP contribution in [-0.2, 0) is 12.8 Å². The maximum Gasteiger partial charge on any atom is 0.289 e. The van der Waals surface area contributed by atoms with E-state index in [9.17, 15) is 14.9 Å². The lowest BCUT2D eigenvalue weighted by Crippen LogP contribution is -2.12. The van der Waals surface area contributed by atoms with Gasteiger partial charge in [-0.3, -0.25) is 14.9 Å². The van der Waals surface area contributed by atoms with E-state index < -0.39 is 10.8 Å². The van der Waals surface area contributed by atoms with Gasteiger partial charge in [0.2, 0.25) is 0 Å². The van der Waals surface area contributed by atoms with E-state index in [0.29, 0.717) is 10.6 Å². The predicted octanol–water partition coefficient (Wildman–Crippen LogP) is 4.57. The molecule has 0 radical (unpaired) electrons. The van der Waals surface area contributed by atoms with Crippen molar-refractivity contribution in [1.29, 1.82) is 0 Å². The second kappa shape index (κ2) is 6.79. The number of carbonyl (C=O) groups is 1. The monoisotopic (exact) mass is 402 g/mol. The van der Waals surface area contributed by atoms with Gasteiger partial charge in [0.1, 0.15) is 14.7 Å². The molecule has 9 heteroatoms. The van der Waals surface area contributed by atoms with Crippen LogP contribution in [0.15, 0.2) is 24.3 Å². The molecule has 0 aliphatic heterocycles. The molecule has 27 heavy (non-hydrogen) atoms. The van der Waals surface area contributed by atoms with Crippen LogP contribution in [0.1, 0.15) is 33.8 Å². The van der Waals surface area contributed by atoms with Crippen LogP contribution < -0.4 is 11.1 Å². The summed E-state index contributed by atoms with van der Waals surface area (Å²) in [5.74, 6) is -0.426. The number of hydrogen-bond acceptors (Lipinski definition) is 6. The van der Waals surface area contributed by atoms with Gasteiger partial charge >= 0.3 is 0 Å². The molecule has 0 saturated carbocycles. The van der Waals surface area contributed by atoms with E-state index in [-0.39, 0.29) is 16.4 Å². The van der Waals surface area contributed by atoms with Crippen LogP contribution in [0.2, 0.25) is 5.02 Å². The first-order valence-electron chi connectivity index (χ1n) is 8.40. The van der Waals surface area contributed by atoms with Crippen LogP contribution in [-0.4, -0.2) is 15.8 Å². The topological polar surface area (TPSA) is 111 Å². The Morgan fingerprint density at radius 2 is 2.07 bits per heavy atom. The Morgan fingerprint density at radius 3 is 2.85 bits per heavy atom. The second-order valence-corrected chi connectivity index (χ2v) is 7.78. The van der Waals surface area contributed by atoms with Crippen molar-refractivity contribution in [3.8, 4) is 0 Å². The molecule has 1 amide bonds. The lowest BCUT2D eigenvalue weighted by Gasteiger charge is -2.14. The fourth-order valence-corrected chi connectivity index (χ4v) is 4.42. The second-order valence-electron chi connectivity index (χ2n) is 6.38. The lowest BCUT2D eigenvalue weighted by atomic mass is 9.95. The van der Waals surface area contributed by atoms with E-state index in [1.807, 2.05) is 6.07 Å². The number of rotatable bonds is 3. The number of benzene rings is 1. The molecule has 0 atom stereocenters. The number of nitro benzene ring substituents is 1. The SMILES string of the molecule is Nc1c(C(=O)Nc2ccc(Cl)c([N+](=O)[O-])c2)sc2nc3c(cc12)CCCC3. The minimum atomic E-state index is -0.597. The number of nitro groups is 1. The van der Waals surface area contributed by atoms with Crippen molar-refractivity contribution in [3.05, 3.63) is 55.5 Å². The fraction of sp³-hybridized carbons (Fsp3) is 0.222. The van der Waals surface area contributed by atoms with Crippen LogP contribution >= 0.6 is 22.9 Å². The summed E-state index contributed by atoms with van der Waals surface area (Å²) in [5, 5.41) is 14.5. The van der Waals surface area contributed by atoms with Crippen LogP contribution in [0, 0.1) is 10.1 Å². The quantitative estimate of drug-likeness (QED) is 0.492. The zero-order valence-electron chi connectivity index (χ0n) is 14.1. The number of nitrogen functional groups attached to an aromatic ring is 1. The Balaban J connectivity index is 1.68. The molecule has 0 saturated heterocycles. The van der Waals surface area contributed by atoms with Gasteiger partial charge < -0.3 is 11.1 Å². The normalized spacial score (nSPS) is 13.4. The number of hydrogen-bond donors (Lipinski definition) is 2. The van der Waals surface area contributed by atoms with Crippen molar-refractivity contribution in [1.82, 2.24) is 4.98 Å². The number of aromatic nitrogens is 1. The first-order valence-corrected chi connectivity index (χ1v) is 9.59. The molecule has 3 N–H and O–H groups in total. The van der Waals surface area contributed by atoms with Crippen molar-refractivity contribution >= 4 is 56.1 Å². The summed E-state index contributed by atoms with van der Waals surface area (Å²) in [6, 6.07) is 6.14. The van der Waals surface area contributed by atoms with Crippen LogP contribution in [0.5, 0.6) is 0 Å². The maximum atomic E-state index is 12.7. The van der Waals surface area contributed by atoms with Crippen LogP contribution in [0.25, 0.3) is 10.2 Å². The van der Waals surface area contributed by atoms with Crippen LogP contribution in [0.4, 0.5) is 17.1 Å². The number of thiophene rings is 1. The summed E-state index contributed by atoms with van der Waals surface area (Å²) in [6.07, 6.45) is 4.17. The third-order valence-electron chi connectivity index (χ3n) is 4.61. The zero-order valence-corrected chi connectivity index (χ0v) is 15.7. The van der Waals surface area contributed by atoms with Gasteiger partial charge in [0.05, 0.1) is 10.6 Å². The third-order valence-corrected chi connectivity index (χ3v) is 6.04. The van der Waals surface area contributed by atoms with E-state index in [4.69, 9.17) is 17.3 Å². The van der Waals surface area contributed by atoms with Gasteiger partial charge in [0.25, 0.3) is 11.6 Å². The number of pyridine rings is 1. The molecule has 0 spiro atoms. The highest BCUT2D eigenvalue weighted by molar-refractivity contribution is 7.21. The molecule has 4 rings (SSSR count). The van der Waals surface area contributed by atoms with Gasteiger partial charge in [-0.2, -0.15) is 0 Å². The van der Waals surface area contributed by atoms with E-state index in [2.05, 4.69) is 10.3 Å². The minimum Gasteiger partial charge on any atom is -0.397 e. The Labute approximate surface area is 163 Å². The van der Waals surface area contributed by atoms with Gasteiger partial charge in [-0.1, -0.05) is 11.6 Å². The Morgan fingerprint density at radius 1 is 1.30 bits per heavy atom. The molecule has 0 unspecified atom stereocenters. The summed E-state index contributed by atoms with van der Waals surface area (Å²) in [6.45, 7) is 0. The Kier molecular flexibility index (Phi) is 4.45. The summed E-state index contributed by atoms with van der Waals surface area (Å²) >= 11 is 7.03. The molecule has 0 bridgehead atoms. The first-order chi connectivity index (χ1) is 12.9. The third kappa shape index (κ3) is 3.22. The molecular weight excluding hydrogens is 388 g/mol. The number of anilines is 2. The average Bonchev–Trinajstić information content (AvgIpc) is 2.97. The van der Waals surface area contributed by atoms with E-state index >= 15 is 0 Å². The van der Waals surface area contributed by atoms with E-state index in [1.165, 1.54) is 35.1 Å². The van der Waals surface area contributed by atoms with Gasteiger partial charge in [-0.25, -0.2) is 4.98 Å². The minimum absolute atomic E-state index is 0.00848. The van der Waals surface area contributed by atoms with Crippen molar-refractivity contribution < 1.29 is 9.72 Å². The zero-order chi connectivity index (χ0) is 19.1. The van der Waals surface area contributed by atoms with Crippen molar-refractivity contribution in [2.75, 3.05) is 11.1 Å². The number of nitrogens with two attached hydrogens (primary N) is 1. The van der Waals surface area contributed by atoms with Gasteiger partial charge in [-0.05, 0) is 49.4 Å². The number of nitrogens with one attached hydrogen (secondary N) is 1. The van der Waals surface area contributed by atoms with Gasteiger partial charge in [0, 0.05) is 22.8 Å². The lowest BCUT2D eigenvalue weighted by molar-refractivity contribution is -0.384. The van der Waals surface area contributed by atoms with Crippen LogP contribution in [0.3, 0.4) is 0 Å². The maximum absolute atomic E-state index is 12.7. The number of nitrogens with zero attached hydrogens (tertiary/aromatic N) is 2. The highest BCUT2D eigenvalue weighted by Crippen LogP contribution is 2.36. The fourth-order valence-electron chi connectivity index (χ4n) is 3.25. The van der Waals surface area contributed by atoms with E-state index in [0.717, 1.165) is 41.6 Å². The summed E-state index contributed by atoms with van der Waals surface area (Å²) < 4.78 is 0. The number of carbonyl (C=O) groups excluding carboxylic acids is 1. The molecule has 1 aromatic carbocycles. The largest absolute Gasteiger partial charge is 0.397 e. The number of fused-ring (bicyclic) bond motifs is 2. The molecule has 2 heterocycles.